The van der Waals surface area contributed by atoms with Crippen molar-refractivity contribution in [3.8, 4) is 12.1 Å². The van der Waals surface area contributed by atoms with Gasteiger partial charge in [-0.1, -0.05) is 78.9 Å². The summed E-state index contributed by atoms with van der Waals surface area (Å²) < 4.78 is 0. The molecule has 3 heteroatoms. The van der Waals surface area contributed by atoms with Crippen molar-refractivity contribution >= 4 is 0 Å². The zero-order valence-corrected chi connectivity index (χ0v) is 16.3. The summed E-state index contributed by atoms with van der Waals surface area (Å²) in [4.78, 5) is 0. The number of aliphatic hydroxyl groups is 1. The highest BCUT2D eigenvalue weighted by Gasteiger charge is 2.38. The van der Waals surface area contributed by atoms with Crippen LogP contribution in [0.25, 0.3) is 0 Å². The summed E-state index contributed by atoms with van der Waals surface area (Å²) in [6.07, 6.45) is 5.24. The molecule has 1 unspecified atom stereocenters. The second-order valence-electron chi connectivity index (χ2n) is 7.46. The van der Waals surface area contributed by atoms with Crippen LogP contribution in [0, 0.1) is 36.5 Å². The van der Waals surface area contributed by atoms with Crippen LogP contribution in [0.15, 0.2) is 48.5 Å². The number of rotatable bonds is 3. The third kappa shape index (κ3) is 5.95. The molecule has 1 aliphatic carbocycles. The van der Waals surface area contributed by atoms with Crippen LogP contribution in [-0.4, -0.2) is 10.7 Å². The maximum Gasteiger partial charge on any atom is 0.0999 e. The van der Waals surface area contributed by atoms with Gasteiger partial charge in [-0.3, -0.25) is 0 Å². The standard InChI is InChI=1S/C15H19NO.C9H9N/c1-12-5-7-13(8-6-12)14(11-16)15(17)9-3-2-4-10-15;1-8-2-4-9(5-3-8)6-7-10/h5-8,14,17H,2-4,9-10H2,1H3;2-5H,6H2,1H3. The zero-order valence-electron chi connectivity index (χ0n) is 16.3. The molecule has 0 saturated heterocycles. The molecule has 2 aromatic carbocycles. The highest BCUT2D eigenvalue weighted by atomic mass is 16.3. The molecule has 0 amide bonds. The maximum absolute atomic E-state index is 10.6. The first-order valence-corrected chi connectivity index (χ1v) is 9.59. The minimum atomic E-state index is -0.817. The Hall–Kier alpha value is -2.62. The van der Waals surface area contributed by atoms with Crippen LogP contribution in [0.4, 0.5) is 0 Å². The van der Waals surface area contributed by atoms with Gasteiger partial charge in [-0.05, 0) is 37.8 Å². The number of hydrogen-bond donors (Lipinski definition) is 1. The van der Waals surface area contributed by atoms with Gasteiger partial charge in [-0.25, -0.2) is 0 Å². The monoisotopic (exact) mass is 360 g/mol. The Balaban J connectivity index is 0.000000223. The van der Waals surface area contributed by atoms with Gasteiger partial charge >= 0.3 is 0 Å². The lowest BCUT2D eigenvalue weighted by atomic mass is 9.73. The molecule has 3 rings (SSSR count). The minimum absolute atomic E-state index is 0.386. The molecular weight excluding hydrogens is 332 g/mol. The van der Waals surface area contributed by atoms with E-state index >= 15 is 0 Å². The highest BCUT2D eigenvalue weighted by Crippen LogP contribution is 2.39. The molecule has 2 aromatic rings. The molecule has 27 heavy (non-hydrogen) atoms. The van der Waals surface area contributed by atoms with Gasteiger partial charge in [0.1, 0.15) is 0 Å². The fourth-order valence-corrected chi connectivity index (χ4v) is 3.51. The van der Waals surface area contributed by atoms with Crippen molar-refractivity contribution in [1.29, 1.82) is 10.5 Å². The molecular formula is C24H28N2O. The summed E-state index contributed by atoms with van der Waals surface area (Å²) in [6, 6.07) is 20.4. The van der Waals surface area contributed by atoms with Crippen molar-refractivity contribution < 1.29 is 5.11 Å². The second kappa shape index (κ2) is 9.91. The number of nitriles is 2. The summed E-state index contributed by atoms with van der Waals surface area (Å²) >= 11 is 0. The normalized spacial score (nSPS) is 16.2. The van der Waals surface area contributed by atoms with Gasteiger partial charge in [-0.15, -0.1) is 0 Å². The lowest BCUT2D eigenvalue weighted by molar-refractivity contribution is -0.00714. The number of hydrogen-bond acceptors (Lipinski definition) is 3. The predicted molar refractivity (Wildman–Crippen MR) is 108 cm³/mol. The van der Waals surface area contributed by atoms with Crippen molar-refractivity contribution in [3.63, 3.8) is 0 Å². The zero-order chi connectivity index (χ0) is 19.7. The Kier molecular flexibility index (Phi) is 7.59. The van der Waals surface area contributed by atoms with Crippen LogP contribution in [0.2, 0.25) is 0 Å². The van der Waals surface area contributed by atoms with Crippen molar-refractivity contribution in [3.05, 3.63) is 70.8 Å². The largest absolute Gasteiger partial charge is 0.388 e. The SMILES string of the molecule is Cc1ccc(C(C#N)C2(O)CCCCC2)cc1.Cc1ccc(CC#N)cc1. The highest BCUT2D eigenvalue weighted by molar-refractivity contribution is 5.31. The van der Waals surface area contributed by atoms with E-state index in [-0.39, 0.29) is 5.92 Å². The van der Waals surface area contributed by atoms with Crippen molar-refractivity contribution in [2.24, 2.45) is 0 Å². The van der Waals surface area contributed by atoms with Gasteiger partial charge in [0.15, 0.2) is 0 Å². The molecule has 140 valence electrons. The Morgan fingerprint density at radius 3 is 1.89 bits per heavy atom. The second-order valence-corrected chi connectivity index (χ2v) is 7.46. The van der Waals surface area contributed by atoms with Crippen LogP contribution in [0.3, 0.4) is 0 Å². The Morgan fingerprint density at radius 1 is 0.889 bits per heavy atom. The van der Waals surface area contributed by atoms with Gasteiger partial charge in [0.2, 0.25) is 0 Å². The Bertz CT molecular complexity index is 788. The molecule has 0 aromatic heterocycles. The quantitative estimate of drug-likeness (QED) is 0.801. The molecule has 1 aliphatic rings. The molecule has 0 aliphatic heterocycles. The maximum atomic E-state index is 10.6. The van der Waals surface area contributed by atoms with E-state index in [1.165, 1.54) is 17.5 Å². The van der Waals surface area contributed by atoms with Gasteiger partial charge < -0.3 is 5.11 Å². The molecule has 1 N–H and O–H groups in total. The number of nitrogens with zero attached hydrogens (tertiary/aromatic N) is 2. The first-order chi connectivity index (χ1) is 13.0. The van der Waals surface area contributed by atoms with Crippen LogP contribution in [0.5, 0.6) is 0 Å². The van der Waals surface area contributed by atoms with Crippen molar-refractivity contribution in [2.75, 3.05) is 0 Å². The van der Waals surface area contributed by atoms with E-state index in [4.69, 9.17) is 5.26 Å². The van der Waals surface area contributed by atoms with E-state index < -0.39 is 5.60 Å². The van der Waals surface area contributed by atoms with Gasteiger partial charge in [0.25, 0.3) is 0 Å². The van der Waals surface area contributed by atoms with Crippen molar-refractivity contribution in [1.82, 2.24) is 0 Å². The fraction of sp³-hybridized carbons (Fsp3) is 0.417. The molecule has 1 atom stereocenters. The Labute approximate surface area is 162 Å². The summed E-state index contributed by atoms with van der Waals surface area (Å²) in [7, 11) is 0. The van der Waals surface area contributed by atoms with Gasteiger partial charge in [0, 0.05) is 0 Å². The Morgan fingerprint density at radius 2 is 1.41 bits per heavy atom. The van der Waals surface area contributed by atoms with E-state index in [1.54, 1.807) is 0 Å². The summed E-state index contributed by atoms with van der Waals surface area (Å²) in [6.45, 7) is 4.07. The first-order valence-electron chi connectivity index (χ1n) is 9.59. The molecule has 0 heterocycles. The number of benzene rings is 2. The van der Waals surface area contributed by atoms with E-state index in [2.05, 4.69) is 12.1 Å². The van der Waals surface area contributed by atoms with E-state index in [9.17, 15) is 10.4 Å². The average Bonchev–Trinajstić information content (AvgIpc) is 2.67. The summed E-state index contributed by atoms with van der Waals surface area (Å²) in [5, 5.41) is 28.3. The van der Waals surface area contributed by atoms with Crippen LogP contribution in [-0.2, 0) is 6.42 Å². The van der Waals surface area contributed by atoms with Gasteiger partial charge in [0.05, 0.1) is 30.1 Å². The molecule has 1 saturated carbocycles. The fourth-order valence-electron chi connectivity index (χ4n) is 3.51. The first kappa shape index (κ1) is 20.7. The number of aryl methyl sites for hydroxylation is 2. The van der Waals surface area contributed by atoms with Crippen LogP contribution in [0.1, 0.15) is 60.3 Å². The third-order valence-corrected chi connectivity index (χ3v) is 5.20. The molecule has 3 nitrogen and oxygen atoms in total. The topological polar surface area (TPSA) is 67.8 Å². The third-order valence-electron chi connectivity index (χ3n) is 5.20. The van der Waals surface area contributed by atoms with E-state index in [0.717, 1.165) is 36.8 Å². The lowest BCUT2D eigenvalue weighted by Gasteiger charge is -2.36. The molecule has 0 bridgehead atoms. The molecule has 0 radical (unpaired) electrons. The average molecular weight is 361 g/mol. The summed E-state index contributed by atoms with van der Waals surface area (Å²) in [5.41, 5.74) is 3.64. The lowest BCUT2D eigenvalue weighted by Crippen LogP contribution is -2.37. The van der Waals surface area contributed by atoms with E-state index in [0.29, 0.717) is 6.42 Å². The predicted octanol–water partition coefficient (Wildman–Crippen LogP) is 5.36. The molecule has 0 spiro atoms. The molecule has 1 fully saturated rings. The van der Waals surface area contributed by atoms with E-state index in [1.807, 2.05) is 62.4 Å². The van der Waals surface area contributed by atoms with Gasteiger partial charge in [-0.2, -0.15) is 10.5 Å². The smallest absolute Gasteiger partial charge is 0.0999 e. The van der Waals surface area contributed by atoms with Crippen molar-refractivity contribution in [2.45, 2.75) is 63.9 Å². The van der Waals surface area contributed by atoms with Crippen LogP contribution >= 0.6 is 0 Å². The minimum Gasteiger partial charge on any atom is -0.388 e. The summed E-state index contributed by atoms with van der Waals surface area (Å²) in [5.74, 6) is -0.386. The van der Waals surface area contributed by atoms with Crippen LogP contribution < -0.4 is 0 Å².